The molecular weight excluding hydrogens is 300 g/mol. The quantitative estimate of drug-likeness (QED) is 0.943. The molecule has 0 aliphatic carbocycles. The summed E-state index contributed by atoms with van der Waals surface area (Å²) in [5, 5.41) is 16.7. The van der Waals surface area contributed by atoms with Gasteiger partial charge in [0.2, 0.25) is 11.8 Å². The summed E-state index contributed by atoms with van der Waals surface area (Å²) in [7, 11) is 0. The third kappa shape index (κ3) is 2.28. The second kappa shape index (κ2) is 4.53. The SMILES string of the molecule is CC(C)(C(=O)O)c1nnc(-c2ccc(Br)cc2)o1. The first-order valence-corrected chi connectivity index (χ1v) is 6.04. The molecule has 0 saturated heterocycles. The Hall–Kier alpha value is -1.69. The van der Waals surface area contributed by atoms with Crippen molar-refractivity contribution in [2.45, 2.75) is 19.3 Å². The van der Waals surface area contributed by atoms with Gasteiger partial charge in [-0.1, -0.05) is 15.9 Å². The van der Waals surface area contributed by atoms with Crippen LogP contribution in [0.15, 0.2) is 33.2 Å². The van der Waals surface area contributed by atoms with Crippen LogP contribution < -0.4 is 0 Å². The minimum atomic E-state index is -1.19. The maximum absolute atomic E-state index is 11.1. The van der Waals surface area contributed by atoms with E-state index in [4.69, 9.17) is 9.52 Å². The van der Waals surface area contributed by atoms with E-state index in [1.165, 1.54) is 13.8 Å². The van der Waals surface area contributed by atoms with Crippen molar-refractivity contribution in [3.63, 3.8) is 0 Å². The van der Waals surface area contributed by atoms with Crippen molar-refractivity contribution < 1.29 is 14.3 Å². The molecule has 5 nitrogen and oxygen atoms in total. The van der Waals surface area contributed by atoms with Crippen LogP contribution in [0.1, 0.15) is 19.7 Å². The normalized spacial score (nSPS) is 11.5. The highest BCUT2D eigenvalue weighted by Gasteiger charge is 2.35. The molecule has 0 bridgehead atoms. The number of carboxylic acids is 1. The third-order valence-electron chi connectivity index (χ3n) is 2.59. The second-order valence-electron chi connectivity index (χ2n) is 4.35. The van der Waals surface area contributed by atoms with Gasteiger partial charge in [-0.15, -0.1) is 10.2 Å². The number of hydrogen-bond donors (Lipinski definition) is 1. The van der Waals surface area contributed by atoms with Crippen LogP contribution in [0, 0.1) is 0 Å². The number of benzene rings is 1. The van der Waals surface area contributed by atoms with Crippen LogP contribution >= 0.6 is 15.9 Å². The molecule has 0 saturated carbocycles. The number of carboxylic acid groups (broad SMARTS) is 1. The summed E-state index contributed by atoms with van der Waals surface area (Å²) >= 11 is 3.33. The van der Waals surface area contributed by atoms with E-state index in [2.05, 4.69) is 26.1 Å². The molecular formula is C12H11BrN2O3. The van der Waals surface area contributed by atoms with Crippen LogP contribution in [0.5, 0.6) is 0 Å². The van der Waals surface area contributed by atoms with E-state index in [0.29, 0.717) is 5.89 Å². The molecule has 1 N–H and O–H groups in total. The Labute approximate surface area is 112 Å². The summed E-state index contributed by atoms with van der Waals surface area (Å²) < 4.78 is 6.36. The van der Waals surface area contributed by atoms with Gasteiger partial charge >= 0.3 is 5.97 Å². The molecule has 0 radical (unpaired) electrons. The molecule has 0 amide bonds. The van der Waals surface area contributed by atoms with E-state index < -0.39 is 11.4 Å². The Morgan fingerprint density at radius 3 is 2.44 bits per heavy atom. The van der Waals surface area contributed by atoms with E-state index in [1.54, 1.807) is 0 Å². The highest BCUT2D eigenvalue weighted by molar-refractivity contribution is 9.10. The number of carbonyl (C=O) groups is 1. The first-order valence-electron chi connectivity index (χ1n) is 5.24. The van der Waals surface area contributed by atoms with Gasteiger partial charge in [-0.2, -0.15) is 0 Å². The van der Waals surface area contributed by atoms with E-state index >= 15 is 0 Å². The molecule has 0 spiro atoms. The first kappa shape index (κ1) is 12.8. The number of aromatic nitrogens is 2. The monoisotopic (exact) mass is 310 g/mol. The van der Waals surface area contributed by atoms with E-state index in [9.17, 15) is 4.79 Å². The lowest BCUT2D eigenvalue weighted by Gasteiger charge is -2.12. The molecule has 0 aliphatic rings. The van der Waals surface area contributed by atoms with E-state index in [-0.39, 0.29) is 5.89 Å². The maximum Gasteiger partial charge on any atom is 0.318 e. The summed E-state index contributed by atoms with van der Waals surface area (Å²) in [5.41, 5.74) is -0.446. The van der Waals surface area contributed by atoms with Crippen molar-refractivity contribution in [1.29, 1.82) is 0 Å². The zero-order valence-corrected chi connectivity index (χ0v) is 11.4. The summed E-state index contributed by atoms with van der Waals surface area (Å²) in [6.45, 7) is 3.04. The van der Waals surface area contributed by atoms with Crippen molar-refractivity contribution in [3.05, 3.63) is 34.6 Å². The maximum atomic E-state index is 11.1. The standard InChI is InChI=1S/C12H11BrN2O3/c1-12(2,11(16)17)10-15-14-9(18-10)7-3-5-8(13)6-4-7/h3-6H,1-2H3,(H,16,17). The molecule has 1 aromatic heterocycles. The minimum absolute atomic E-state index is 0.0907. The Kier molecular flexibility index (Phi) is 3.21. The van der Waals surface area contributed by atoms with Gasteiger partial charge in [0.25, 0.3) is 0 Å². The molecule has 0 unspecified atom stereocenters. The van der Waals surface area contributed by atoms with Crippen molar-refractivity contribution in [2.75, 3.05) is 0 Å². The predicted octanol–water partition coefficient (Wildman–Crippen LogP) is 2.86. The summed E-state index contributed by atoms with van der Waals surface area (Å²) in [5.74, 6) is -0.603. The van der Waals surface area contributed by atoms with Crippen molar-refractivity contribution in [3.8, 4) is 11.5 Å². The third-order valence-corrected chi connectivity index (χ3v) is 3.11. The topological polar surface area (TPSA) is 76.2 Å². The van der Waals surface area contributed by atoms with Gasteiger partial charge < -0.3 is 9.52 Å². The number of hydrogen-bond acceptors (Lipinski definition) is 4. The predicted molar refractivity (Wildman–Crippen MR) is 68.1 cm³/mol. The lowest BCUT2D eigenvalue weighted by Crippen LogP contribution is -2.28. The Balaban J connectivity index is 2.37. The molecule has 6 heteroatoms. The van der Waals surface area contributed by atoms with Gasteiger partial charge in [-0.25, -0.2) is 0 Å². The average molecular weight is 311 g/mol. The fraction of sp³-hybridized carbons (Fsp3) is 0.250. The molecule has 18 heavy (non-hydrogen) atoms. The molecule has 94 valence electrons. The minimum Gasteiger partial charge on any atom is -0.480 e. The van der Waals surface area contributed by atoms with Crippen LogP contribution in [0.4, 0.5) is 0 Å². The average Bonchev–Trinajstić information content (AvgIpc) is 2.79. The number of rotatable bonds is 3. The lowest BCUT2D eigenvalue weighted by molar-refractivity contribution is -0.143. The van der Waals surface area contributed by atoms with Crippen molar-refractivity contribution in [1.82, 2.24) is 10.2 Å². The van der Waals surface area contributed by atoms with Gasteiger partial charge in [0.15, 0.2) is 0 Å². The zero-order chi connectivity index (χ0) is 13.3. The van der Waals surface area contributed by atoms with E-state index in [0.717, 1.165) is 10.0 Å². The van der Waals surface area contributed by atoms with Crippen molar-refractivity contribution >= 4 is 21.9 Å². The molecule has 0 fully saturated rings. The fourth-order valence-electron chi connectivity index (χ4n) is 1.28. The van der Waals surface area contributed by atoms with Gasteiger partial charge in [0.05, 0.1) is 0 Å². The van der Waals surface area contributed by atoms with Gasteiger partial charge in [-0.05, 0) is 38.1 Å². The summed E-state index contributed by atoms with van der Waals surface area (Å²) in [4.78, 5) is 11.1. The zero-order valence-electron chi connectivity index (χ0n) is 9.85. The summed E-state index contributed by atoms with van der Waals surface area (Å²) in [6.07, 6.45) is 0. The highest BCUT2D eigenvalue weighted by atomic mass is 79.9. The largest absolute Gasteiger partial charge is 0.480 e. The van der Waals surface area contributed by atoms with Crippen LogP contribution in [-0.4, -0.2) is 21.3 Å². The number of aliphatic carboxylic acids is 1. The molecule has 0 aliphatic heterocycles. The van der Waals surface area contributed by atoms with Crippen molar-refractivity contribution in [2.24, 2.45) is 0 Å². The van der Waals surface area contributed by atoms with Gasteiger partial charge in [0, 0.05) is 10.0 Å². The second-order valence-corrected chi connectivity index (χ2v) is 5.27. The van der Waals surface area contributed by atoms with Crippen LogP contribution in [0.3, 0.4) is 0 Å². The highest BCUT2D eigenvalue weighted by Crippen LogP contribution is 2.26. The van der Waals surface area contributed by atoms with E-state index in [1.807, 2.05) is 24.3 Å². The van der Waals surface area contributed by atoms with Crippen LogP contribution in [0.2, 0.25) is 0 Å². The molecule has 2 aromatic rings. The number of nitrogens with zero attached hydrogens (tertiary/aromatic N) is 2. The number of halogens is 1. The van der Waals surface area contributed by atoms with Crippen LogP contribution in [-0.2, 0) is 10.2 Å². The fourth-order valence-corrected chi connectivity index (χ4v) is 1.54. The molecule has 1 aromatic carbocycles. The molecule has 0 atom stereocenters. The lowest BCUT2D eigenvalue weighted by atomic mass is 9.94. The Morgan fingerprint density at radius 1 is 1.28 bits per heavy atom. The van der Waals surface area contributed by atoms with Gasteiger partial charge in [-0.3, -0.25) is 4.79 Å². The summed E-state index contributed by atoms with van der Waals surface area (Å²) in [6, 6.07) is 7.33. The molecule has 2 rings (SSSR count). The Morgan fingerprint density at radius 2 is 1.89 bits per heavy atom. The first-order chi connectivity index (χ1) is 8.41. The molecule has 1 heterocycles. The van der Waals surface area contributed by atoms with Crippen LogP contribution in [0.25, 0.3) is 11.5 Å². The van der Waals surface area contributed by atoms with Gasteiger partial charge in [0.1, 0.15) is 5.41 Å². The Bertz CT molecular complexity index is 575. The smallest absolute Gasteiger partial charge is 0.318 e.